The van der Waals surface area contributed by atoms with E-state index in [-0.39, 0.29) is 12.0 Å². The van der Waals surface area contributed by atoms with Crippen LogP contribution in [0.15, 0.2) is 59.9 Å². The summed E-state index contributed by atoms with van der Waals surface area (Å²) in [6, 6.07) is 13.7. The number of aromatic nitrogens is 4. The van der Waals surface area contributed by atoms with Gasteiger partial charge in [-0.25, -0.2) is 4.68 Å². The van der Waals surface area contributed by atoms with Gasteiger partial charge in [0.2, 0.25) is 5.91 Å². The summed E-state index contributed by atoms with van der Waals surface area (Å²) in [6.45, 7) is 1.38. The molecule has 0 aliphatic carbocycles. The fourth-order valence-electron chi connectivity index (χ4n) is 2.98. The lowest BCUT2D eigenvalue weighted by Crippen LogP contribution is -2.32. The summed E-state index contributed by atoms with van der Waals surface area (Å²) in [5.41, 5.74) is 2.76. The molecule has 0 spiro atoms. The van der Waals surface area contributed by atoms with Gasteiger partial charge in [0, 0.05) is 31.1 Å². The Bertz CT molecular complexity index is 891. The van der Waals surface area contributed by atoms with Crippen LogP contribution in [0.2, 0.25) is 0 Å². The van der Waals surface area contributed by atoms with Gasteiger partial charge in [0.05, 0.1) is 23.2 Å². The highest BCUT2D eigenvalue weighted by molar-refractivity contribution is 7.99. The zero-order chi connectivity index (χ0) is 19.2. The standard InChI is InChI=1S/C20H21N5O2S/c26-19(21-13-17-3-1-12-27-17)14-28-20-9-8-18(23-24-20)15-4-6-16(7-5-15)25-11-2-10-22-25/h2,4-11,17H,1,3,12-14H2,(H,21,26). The number of hydrogen-bond donors (Lipinski definition) is 1. The smallest absolute Gasteiger partial charge is 0.230 e. The van der Waals surface area contributed by atoms with Crippen molar-refractivity contribution in [2.75, 3.05) is 18.9 Å². The van der Waals surface area contributed by atoms with Crippen molar-refractivity contribution in [3.8, 4) is 16.9 Å². The van der Waals surface area contributed by atoms with E-state index in [1.807, 2.05) is 48.7 Å². The SMILES string of the molecule is O=C(CSc1ccc(-c2ccc(-n3cccn3)cc2)nn1)NCC1CCCO1. The predicted molar refractivity (Wildman–Crippen MR) is 107 cm³/mol. The zero-order valence-electron chi connectivity index (χ0n) is 15.3. The monoisotopic (exact) mass is 395 g/mol. The predicted octanol–water partition coefficient (Wildman–Crippen LogP) is 2.72. The van der Waals surface area contributed by atoms with E-state index in [1.165, 1.54) is 11.8 Å². The molecule has 28 heavy (non-hydrogen) atoms. The number of nitrogens with zero attached hydrogens (tertiary/aromatic N) is 4. The van der Waals surface area contributed by atoms with Gasteiger partial charge in [0.25, 0.3) is 0 Å². The Kier molecular flexibility index (Phi) is 5.98. The topological polar surface area (TPSA) is 81.9 Å². The van der Waals surface area contributed by atoms with Crippen molar-refractivity contribution in [2.24, 2.45) is 0 Å². The van der Waals surface area contributed by atoms with Gasteiger partial charge in [0.1, 0.15) is 5.03 Å². The fraction of sp³-hybridized carbons (Fsp3) is 0.300. The molecule has 0 bridgehead atoms. The molecule has 7 nitrogen and oxygen atoms in total. The summed E-state index contributed by atoms with van der Waals surface area (Å²) in [5.74, 6) is 0.305. The Hall–Kier alpha value is -2.71. The molecule has 144 valence electrons. The molecule has 1 atom stereocenters. The molecular weight excluding hydrogens is 374 g/mol. The number of carbonyl (C=O) groups is 1. The van der Waals surface area contributed by atoms with Crippen LogP contribution in [0.5, 0.6) is 0 Å². The first-order chi connectivity index (χ1) is 13.8. The maximum atomic E-state index is 11.9. The van der Waals surface area contributed by atoms with Gasteiger partial charge in [-0.1, -0.05) is 23.9 Å². The van der Waals surface area contributed by atoms with Gasteiger partial charge in [0.15, 0.2) is 0 Å². The minimum atomic E-state index is -0.0133. The Morgan fingerprint density at radius 1 is 1.21 bits per heavy atom. The minimum Gasteiger partial charge on any atom is -0.376 e. The second-order valence-electron chi connectivity index (χ2n) is 6.48. The highest BCUT2D eigenvalue weighted by Gasteiger charge is 2.16. The highest BCUT2D eigenvalue weighted by Crippen LogP contribution is 2.21. The summed E-state index contributed by atoms with van der Waals surface area (Å²) in [5, 5.41) is 16.4. The third-order valence-corrected chi connectivity index (χ3v) is 5.39. The lowest BCUT2D eigenvalue weighted by atomic mass is 10.1. The number of thioether (sulfide) groups is 1. The summed E-state index contributed by atoms with van der Waals surface area (Å²) >= 11 is 1.38. The molecule has 1 unspecified atom stereocenters. The molecule has 1 N–H and O–H groups in total. The lowest BCUT2D eigenvalue weighted by molar-refractivity contribution is -0.119. The number of ether oxygens (including phenoxy) is 1. The summed E-state index contributed by atoms with van der Waals surface area (Å²) in [7, 11) is 0. The molecule has 1 fully saturated rings. The highest BCUT2D eigenvalue weighted by atomic mass is 32.2. The maximum absolute atomic E-state index is 11.9. The van der Waals surface area contributed by atoms with E-state index >= 15 is 0 Å². The van der Waals surface area contributed by atoms with Crippen LogP contribution in [0.1, 0.15) is 12.8 Å². The Labute approximate surface area is 167 Å². The van der Waals surface area contributed by atoms with E-state index in [9.17, 15) is 4.79 Å². The Balaban J connectivity index is 1.29. The zero-order valence-corrected chi connectivity index (χ0v) is 16.1. The van der Waals surface area contributed by atoms with Crippen molar-refractivity contribution in [3.63, 3.8) is 0 Å². The maximum Gasteiger partial charge on any atom is 0.230 e. The van der Waals surface area contributed by atoms with Crippen molar-refractivity contribution in [1.29, 1.82) is 0 Å². The molecule has 0 radical (unpaired) electrons. The van der Waals surface area contributed by atoms with E-state index in [0.29, 0.717) is 12.3 Å². The Morgan fingerprint density at radius 2 is 2.11 bits per heavy atom. The average molecular weight is 395 g/mol. The van der Waals surface area contributed by atoms with Crippen LogP contribution in [0.3, 0.4) is 0 Å². The molecule has 1 aliphatic heterocycles. The van der Waals surface area contributed by atoms with Gasteiger partial charge < -0.3 is 10.1 Å². The van der Waals surface area contributed by atoms with E-state index in [4.69, 9.17) is 4.74 Å². The third kappa shape index (κ3) is 4.76. The normalized spacial score (nSPS) is 16.2. The van der Waals surface area contributed by atoms with Crippen LogP contribution in [-0.4, -0.2) is 50.9 Å². The van der Waals surface area contributed by atoms with Gasteiger partial charge in [-0.2, -0.15) is 5.10 Å². The van der Waals surface area contributed by atoms with Crippen LogP contribution in [0.25, 0.3) is 16.9 Å². The molecule has 0 saturated carbocycles. The Morgan fingerprint density at radius 3 is 2.79 bits per heavy atom. The largest absolute Gasteiger partial charge is 0.376 e. The van der Waals surface area contributed by atoms with Gasteiger partial charge >= 0.3 is 0 Å². The number of benzene rings is 1. The number of rotatable bonds is 7. The molecule has 8 heteroatoms. The number of nitrogens with one attached hydrogen (secondary N) is 1. The first-order valence-electron chi connectivity index (χ1n) is 9.23. The van der Waals surface area contributed by atoms with Crippen molar-refractivity contribution < 1.29 is 9.53 Å². The fourth-order valence-corrected chi connectivity index (χ4v) is 3.62. The summed E-state index contributed by atoms with van der Waals surface area (Å²) < 4.78 is 7.31. The second-order valence-corrected chi connectivity index (χ2v) is 7.48. The summed E-state index contributed by atoms with van der Waals surface area (Å²) in [6.07, 6.45) is 5.90. The van der Waals surface area contributed by atoms with Gasteiger partial charge in [-0.3, -0.25) is 4.79 Å². The van der Waals surface area contributed by atoms with E-state index in [2.05, 4.69) is 20.6 Å². The molecule has 2 aromatic heterocycles. The number of carbonyl (C=O) groups excluding carboxylic acids is 1. The molecular formula is C20H21N5O2S. The van der Waals surface area contributed by atoms with Crippen molar-refractivity contribution in [3.05, 3.63) is 54.9 Å². The molecule has 1 aromatic carbocycles. The minimum absolute atomic E-state index is 0.0133. The van der Waals surface area contributed by atoms with Crippen molar-refractivity contribution in [2.45, 2.75) is 24.0 Å². The van der Waals surface area contributed by atoms with Crippen LogP contribution >= 0.6 is 11.8 Å². The van der Waals surface area contributed by atoms with Crippen LogP contribution in [0, 0.1) is 0 Å². The van der Waals surface area contributed by atoms with Crippen molar-refractivity contribution >= 4 is 17.7 Å². The van der Waals surface area contributed by atoms with Crippen LogP contribution in [0.4, 0.5) is 0 Å². The molecule has 1 aliphatic rings. The van der Waals surface area contributed by atoms with E-state index < -0.39 is 0 Å². The van der Waals surface area contributed by atoms with Crippen molar-refractivity contribution in [1.82, 2.24) is 25.3 Å². The lowest BCUT2D eigenvalue weighted by Gasteiger charge is -2.10. The van der Waals surface area contributed by atoms with E-state index in [1.54, 1.807) is 10.9 Å². The van der Waals surface area contributed by atoms with Crippen LogP contribution < -0.4 is 5.32 Å². The van der Waals surface area contributed by atoms with E-state index in [0.717, 1.165) is 41.4 Å². The van der Waals surface area contributed by atoms with Gasteiger partial charge in [-0.15, -0.1) is 10.2 Å². The van der Waals surface area contributed by atoms with Gasteiger partial charge in [-0.05, 0) is 43.2 Å². The molecule has 1 amide bonds. The third-order valence-electron chi connectivity index (χ3n) is 4.47. The molecule has 3 aromatic rings. The molecule has 4 rings (SSSR count). The molecule has 1 saturated heterocycles. The average Bonchev–Trinajstić information content (AvgIpc) is 3.45. The first-order valence-corrected chi connectivity index (χ1v) is 10.2. The first kappa shape index (κ1) is 18.6. The van der Waals surface area contributed by atoms with Crippen LogP contribution in [-0.2, 0) is 9.53 Å². The summed E-state index contributed by atoms with van der Waals surface area (Å²) in [4.78, 5) is 11.9. The quantitative estimate of drug-likeness (QED) is 0.620. The number of amides is 1. The molecule has 3 heterocycles. The number of hydrogen-bond acceptors (Lipinski definition) is 6. The second kappa shape index (κ2) is 8.99.